The van der Waals surface area contributed by atoms with Gasteiger partial charge in [-0.15, -0.1) is 0 Å². The lowest BCUT2D eigenvalue weighted by Crippen LogP contribution is -2.50. The van der Waals surface area contributed by atoms with Crippen molar-refractivity contribution in [3.05, 3.63) is 29.8 Å². The van der Waals surface area contributed by atoms with Crippen molar-refractivity contribution >= 4 is 6.03 Å². The number of methoxy groups -OCH3 is 1. The summed E-state index contributed by atoms with van der Waals surface area (Å²) in [6.07, 6.45) is 2.93. The number of amides is 2. The van der Waals surface area contributed by atoms with Crippen LogP contribution in [-0.2, 0) is 11.2 Å². The molecule has 0 saturated carbocycles. The number of benzene rings is 1. The van der Waals surface area contributed by atoms with E-state index in [1.807, 2.05) is 23.1 Å². The summed E-state index contributed by atoms with van der Waals surface area (Å²) in [6.45, 7) is 4.75. The first-order valence-electron chi connectivity index (χ1n) is 8.00. The Morgan fingerprint density at radius 2 is 2.36 bits per heavy atom. The van der Waals surface area contributed by atoms with Crippen LogP contribution in [0.2, 0.25) is 0 Å². The molecule has 0 aromatic heterocycles. The van der Waals surface area contributed by atoms with Gasteiger partial charge in [0.1, 0.15) is 5.75 Å². The van der Waals surface area contributed by atoms with Gasteiger partial charge in [-0.1, -0.05) is 25.5 Å². The van der Waals surface area contributed by atoms with Crippen LogP contribution in [0.1, 0.15) is 25.3 Å². The molecule has 5 heteroatoms. The lowest BCUT2D eigenvalue weighted by molar-refractivity contribution is -0.0132. The van der Waals surface area contributed by atoms with Crippen molar-refractivity contribution in [2.24, 2.45) is 0 Å². The number of urea groups is 1. The molecule has 0 radical (unpaired) electrons. The second-order valence-electron chi connectivity index (χ2n) is 5.58. The van der Waals surface area contributed by atoms with Crippen LogP contribution < -0.4 is 10.1 Å². The van der Waals surface area contributed by atoms with Gasteiger partial charge in [0, 0.05) is 26.1 Å². The van der Waals surface area contributed by atoms with Crippen molar-refractivity contribution < 1.29 is 14.3 Å². The number of unbranched alkanes of at least 4 members (excludes halogenated alkanes) is 1. The molecule has 1 aromatic rings. The van der Waals surface area contributed by atoms with Gasteiger partial charge in [0.15, 0.2) is 0 Å². The van der Waals surface area contributed by atoms with E-state index in [2.05, 4.69) is 18.3 Å². The highest BCUT2D eigenvalue weighted by atomic mass is 16.5. The summed E-state index contributed by atoms with van der Waals surface area (Å²) in [4.78, 5) is 14.0. The summed E-state index contributed by atoms with van der Waals surface area (Å²) in [6, 6.07) is 8.01. The number of morpholine rings is 1. The van der Waals surface area contributed by atoms with E-state index < -0.39 is 0 Å². The number of nitrogens with one attached hydrogen (secondary N) is 1. The third-order valence-electron chi connectivity index (χ3n) is 3.83. The Bertz CT molecular complexity index is 479. The average Bonchev–Trinajstić information content (AvgIpc) is 2.55. The highest BCUT2D eigenvalue weighted by Crippen LogP contribution is 2.17. The molecular weight excluding hydrogens is 280 g/mol. The molecule has 0 aliphatic carbocycles. The second kappa shape index (κ2) is 8.63. The maximum absolute atomic E-state index is 12.1. The summed E-state index contributed by atoms with van der Waals surface area (Å²) in [7, 11) is 1.67. The van der Waals surface area contributed by atoms with E-state index >= 15 is 0 Å². The van der Waals surface area contributed by atoms with Crippen LogP contribution in [0.4, 0.5) is 4.79 Å². The number of nitrogens with zero attached hydrogens (tertiary/aromatic N) is 1. The van der Waals surface area contributed by atoms with Gasteiger partial charge in [-0.3, -0.25) is 0 Å². The first-order chi connectivity index (χ1) is 10.7. The van der Waals surface area contributed by atoms with Gasteiger partial charge in [0.05, 0.1) is 19.8 Å². The fraction of sp³-hybridized carbons (Fsp3) is 0.588. The number of rotatable bonds is 6. The van der Waals surface area contributed by atoms with Crippen molar-refractivity contribution in [1.82, 2.24) is 10.2 Å². The van der Waals surface area contributed by atoms with Gasteiger partial charge in [0.2, 0.25) is 0 Å². The normalized spacial score (nSPS) is 18.1. The van der Waals surface area contributed by atoms with E-state index in [1.54, 1.807) is 7.11 Å². The number of carbonyl (C=O) groups is 1. The summed E-state index contributed by atoms with van der Waals surface area (Å²) < 4.78 is 11.0. The smallest absolute Gasteiger partial charge is 0.317 e. The maximum Gasteiger partial charge on any atom is 0.317 e. The number of hydrogen-bond acceptors (Lipinski definition) is 3. The third-order valence-corrected chi connectivity index (χ3v) is 3.83. The van der Waals surface area contributed by atoms with Gasteiger partial charge >= 0.3 is 6.03 Å². The zero-order valence-electron chi connectivity index (χ0n) is 13.5. The minimum Gasteiger partial charge on any atom is -0.497 e. The molecule has 5 nitrogen and oxygen atoms in total. The zero-order valence-corrected chi connectivity index (χ0v) is 13.5. The van der Waals surface area contributed by atoms with Crippen LogP contribution in [-0.4, -0.2) is 50.4 Å². The molecule has 0 bridgehead atoms. The van der Waals surface area contributed by atoms with Gasteiger partial charge < -0.3 is 19.7 Å². The molecule has 2 rings (SSSR count). The van der Waals surface area contributed by atoms with Crippen LogP contribution in [0, 0.1) is 0 Å². The first-order valence-corrected chi connectivity index (χ1v) is 8.00. The van der Waals surface area contributed by atoms with Crippen LogP contribution in [0.5, 0.6) is 5.75 Å². The second-order valence-corrected chi connectivity index (χ2v) is 5.58. The number of ether oxygens (including phenoxy) is 2. The topological polar surface area (TPSA) is 50.8 Å². The average molecular weight is 306 g/mol. The van der Waals surface area contributed by atoms with Crippen molar-refractivity contribution in [2.45, 2.75) is 32.3 Å². The fourth-order valence-electron chi connectivity index (χ4n) is 2.57. The molecule has 1 aromatic carbocycles. The first kappa shape index (κ1) is 16.6. The van der Waals surface area contributed by atoms with Crippen LogP contribution in [0.15, 0.2) is 24.3 Å². The molecule has 1 aliphatic rings. The monoisotopic (exact) mass is 306 g/mol. The summed E-state index contributed by atoms with van der Waals surface area (Å²) in [5.74, 6) is 0.850. The highest BCUT2D eigenvalue weighted by molar-refractivity contribution is 5.74. The predicted molar refractivity (Wildman–Crippen MR) is 86.3 cm³/mol. The third kappa shape index (κ3) is 4.91. The lowest BCUT2D eigenvalue weighted by atomic mass is 10.1. The molecule has 1 heterocycles. The molecule has 1 aliphatic heterocycles. The molecule has 1 saturated heterocycles. The van der Waals surface area contributed by atoms with Crippen LogP contribution in [0.3, 0.4) is 0 Å². The van der Waals surface area contributed by atoms with E-state index in [0.717, 1.165) is 37.1 Å². The Kier molecular flexibility index (Phi) is 6.52. The van der Waals surface area contributed by atoms with Gasteiger partial charge in [0.25, 0.3) is 0 Å². The van der Waals surface area contributed by atoms with Gasteiger partial charge in [-0.2, -0.15) is 0 Å². The largest absolute Gasteiger partial charge is 0.497 e. The molecule has 1 N–H and O–H groups in total. The Morgan fingerprint density at radius 1 is 1.50 bits per heavy atom. The fourth-order valence-corrected chi connectivity index (χ4v) is 2.57. The molecule has 0 spiro atoms. The lowest BCUT2D eigenvalue weighted by Gasteiger charge is -2.33. The van der Waals surface area contributed by atoms with Crippen molar-refractivity contribution in [2.75, 3.05) is 33.4 Å². The summed E-state index contributed by atoms with van der Waals surface area (Å²) in [5.41, 5.74) is 1.16. The number of hydrogen-bond donors (Lipinski definition) is 1. The minimum absolute atomic E-state index is 0.0207. The number of carbonyl (C=O) groups excluding carboxylic acids is 1. The van der Waals surface area contributed by atoms with Crippen molar-refractivity contribution in [3.8, 4) is 5.75 Å². The van der Waals surface area contributed by atoms with E-state index in [-0.39, 0.29) is 12.1 Å². The molecular formula is C17H26N2O3. The zero-order chi connectivity index (χ0) is 15.8. The van der Waals surface area contributed by atoms with Crippen LogP contribution >= 0.6 is 0 Å². The summed E-state index contributed by atoms with van der Waals surface area (Å²) >= 11 is 0. The molecule has 1 fully saturated rings. The maximum atomic E-state index is 12.1. The molecule has 22 heavy (non-hydrogen) atoms. The minimum atomic E-state index is 0.0207. The van der Waals surface area contributed by atoms with Gasteiger partial charge in [-0.05, 0) is 24.1 Å². The Balaban J connectivity index is 1.85. The molecule has 1 atom stereocenters. The molecule has 122 valence electrons. The van der Waals surface area contributed by atoms with Gasteiger partial charge in [-0.25, -0.2) is 4.79 Å². The molecule has 2 amide bonds. The highest BCUT2D eigenvalue weighted by Gasteiger charge is 2.24. The Hall–Kier alpha value is -1.75. The summed E-state index contributed by atoms with van der Waals surface area (Å²) in [5, 5.41) is 2.97. The predicted octanol–water partition coefficient (Wildman–Crippen LogP) is 2.45. The Morgan fingerprint density at radius 3 is 3.14 bits per heavy atom. The van der Waals surface area contributed by atoms with E-state index in [4.69, 9.17) is 9.47 Å². The van der Waals surface area contributed by atoms with Crippen molar-refractivity contribution in [1.29, 1.82) is 0 Å². The SMILES string of the molecule is CCCCNC(=O)N1CCOC(Cc2cccc(OC)c2)C1. The van der Waals surface area contributed by atoms with E-state index in [0.29, 0.717) is 19.7 Å². The standard InChI is InChI=1S/C17H26N2O3/c1-3-4-8-18-17(20)19-9-10-22-16(13-19)12-14-6-5-7-15(11-14)21-2/h5-7,11,16H,3-4,8-10,12-13H2,1-2H3,(H,18,20). The molecule has 1 unspecified atom stereocenters. The quantitative estimate of drug-likeness (QED) is 0.821. The van der Waals surface area contributed by atoms with E-state index in [9.17, 15) is 4.79 Å². The van der Waals surface area contributed by atoms with E-state index in [1.165, 1.54) is 0 Å². The Labute approximate surface area is 132 Å². The van der Waals surface area contributed by atoms with Crippen molar-refractivity contribution in [3.63, 3.8) is 0 Å². The van der Waals surface area contributed by atoms with Crippen LogP contribution in [0.25, 0.3) is 0 Å².